The van der Waals surface area contributed by atoms with Crippen LogP contribution in [-0.4, -0.2) is 20.1 Å². The summed E-state index contributed by atoms with van der Waals surface area (Å²) in [5.41, 5.74) is 0. The molecule has 0 amide bonds. The second kappa shape index (κ2) is 5.54. The van der Waals surface area contributed by atoms with E-state index in [0.717, 1.165) is 0 Å². The third-order valence-corrected chi connectivity index (χ3v) is 3.45. The summed E-state index contributed by atoms with van der Waals surface area (Å²) in [7, 11) is -3.64. The summed E-state index contributed by atoms with van der Waals surface area (Å²) in [6.07, 6.45) is 6.14. The molecule has 0 radical (unpaired) electrons. The van der Waals surface area contributed by atoms with Crippen LogP contribution in [0.3, 0.4) is 0 Å². The van der Waals surface area contributed by atoms with Crippen molar-refractivity contribution in [2.45, 2.75) is 17.7 Å². The summed E-state index contributed by atoms with van der Waals surface area (Å²) >= 11 is 0. The molecular weight excluding hydrogens is 226 g/mol. The van der Waals surface area contributed by atoms with Crippen molar-refractivity contribution in [3.05, 3.63) is 24.3 Å². The first-order valence-electron chi connectivity index (χ1n) is 4.79. The van der Waals surface area contributed by atoms with Crippen molar-refractivity contribution < 1.29 is 13.5 Å². The van der Waals surface area contributed by atoms with Gasteiger partial charge in [0.15, 0.2) is 0 Å². The molecule has 1 rings (SSSR count). The molecule has 0 saturated heterocycles. The Morgan fingerprint density at radius 2 is 2.06 bits per heavy atom. The van der Waals surface area contributed by atoms with E-state index >= 15 is 0 Å². The molecule has 1 aromatic carbocycles. The Bertz CT molecular complexity index is 488. The van der Waals surface area contributed by atoms with E-state index in [1.165, 1.54) is 12.1 Å². The van der Waals surface area contributed by atoms with Gasteiger partial charge in [0.25, 0.3) is 0 Å². The van der Waals surface area contributed by atoms with Crippen LogP contribution in [0.25, 0.3) is 0 Å². The average molecular weight is 239 g/mol. The molecule has 4 nitrogen and oxygen atoms in total. The lowest BCUT2D eigenvalue weighted by Crippen LogP contribution is -2.24. The van der Waals surface area contributed by atoms with Gasteiger partial charge < -0.3 is 5.11 Å². The minimum atomic E-state index is -3.64. The molecule has 0 aliphatic heterocycles. The second-order valence-corrected chi connectivity index (χ2v) is 4.91. The van der Waals surface area contributed by atoms with E-state index in [1.807, 2.05) is 0 Å². The quantitative estimate of drug-likeness (QED) is 0.597. The predicted molar refractivity (Wildman–Crippen MR) is 61.4 cm³/mol. The van der Waals surface area contributed by atoms with E-state index in [4.69, 9.17) is 6.42 Å². The third-order valence-electron chi connectivity index (χ3n) is 1.94. The Balaban J connectivity index is 2.72. The van der Waals surface area contributed by atoms with Gasteiger partial charge in [-0.2, -0.15) is 0 Å². The number of phenols is 1. The Morgan fingerprint density at radius 3 is 2.69 bits per heavy atom. The van der Waals surface area contributed by atoms with Gasteiger partial charge in [-0.05, 0) is 18.6 Å². The monoisotopic (exact) mass is 239 g/mol. The molecule has 0 aliphatic rings. The van der Waals surface area contributed by atoms with Crippen molar-refractivity contribution >= 4 is 10.0 Å². The van der Waals surface area contributed by atoms with Crippen molar-refractivity contribution in [3.8, 4) is 18.1 Å². The van der Waals surface area contributed by atoms with Gasteiger partial charge in [0.1, 0.15) is 10.6 Å². The number of aromatic hydroxyl groups is 1. The topological polar surface area (TPSA) is 66.4 Å². The van der Waals surface area contributed by atoms with E-state index in [0.29, 0.717) is 12.8 Å². The lowest BCUT2D eigenvalue weighted by molar-refractivity contribution is 0.458. The highest BCUT2D eigenvalue weighted by atomic mass is 32.2. The molecule has 0 bridgehead atoms. The van der Waals surface area contributed by atoms with Crippen LogP contribution < -0.4 is 4.72 Å². The van der Waals surface area contributed by atoms with E-state index in [1.54, 1.807) is 12.1 Å². The van der Waals surface area contributed by atoms with Crippen LogP contribution in [0.5, 0.6) is 5.75 Å². The Hall–Kier alpha value is -1.51. The molecule has 1 aromatic rings. The Kier molecular flexibility index (Phi) is 4.35. The highest BCUT2D eigenvalue weighted by Gasteiger charge is 2.16. The van der Waals surface area contributed by atoms with Crippen LogP contribution in [0.15, 0.2) is 29.2 Å². The van der Waals surface area contributed by atoms with Crippen molar-refractivity contribution in [1.82, 2.24) is 4.72 Å². The van der Waals surface area contributed by atoms with E-state index in [9.17, 15) is 13.5 Å². The van der Waals surface area contributed by atoms with Crippen molar-refractivity contribution in [2.24, 2.45) is 0 Å². The molecule has 86 valence electrons. The average Bonchev–Trinajstić information content (AvgIpc) is 2.25. The van der Waals surface area contributed by atoms with Gasteiger partial charge in [0.05, 0.1) is 0 Å². The Labute approximate surface area is 95.4 Å². The van der Waals surface area contributed by atoms with E-state index < -0.39 is 10.0 Å². The number of nitrogens with one attached hydrogen (secondary N) is 1. The number of phenolic OH excluding ortho intramolecular Hbond substituents is 1. The zero-order valence-electron chi connectivity index (χ0n) is 8.68. The van der Waals surface area contributed by atoms with Crippen LogP contribution in [-0.2, 0) is 10.0 Å². The van der Waals surface area contributed by atoms with Gasteiger partial charge in [-0.25, -0.2) is 13.1 Å². The van der Waals surface area contributed by atoms with Crippen LogP contribution >= 0.6 is 0 Å². The van der Waals surface area contributed by atoms with Gasteiger partial charge in [0, 0.05) is 13.0 Å². The van der Waals surface area contributed by atoms with E-state index in [-0.39, 0.29) is 17.2 Å². The molecule has 0 saturated carbocycles. The molecule has 0 aliphatic carbocycles. The van der Waals surface area contributed by atoms with Gasteiger partial charge in [-0.1, -0.05) is 12.1 Å². The number of para-hydroxylation sites is 1. The maximum atomic E-state index is 11.7. The smallest absolute Gasteiger partial charge is 0.244 e. The van der Waals surface area contributed by atoms with Crippen LogP contribution in [0.1, 0.15) is 12.8 Å². The van der Waals surface area contributed by atoms with Gasteiger partial charge in [0.2, 0.25) is 10.0 Å². The first-order chi connectivity index (χ1) is 7.58. The highest BCUT2D eigenvalue weighted by molar-refractivity contribution is 7.89. The minimum Gasteiger partial charge on any atom is -0.507 e. The maximum absolute atomic E-state index is 11.7. The largest absolute Gasteiger partial charge is 0.507 e. The van der Waals surface area contributed by atoms with E-state index in [2.05, 4.69) is 10.6 Å². The van der Waals surface area contributed by atoms with Gasteiger partial charge >= 0.3 is 0 Å². The highest BCUT2D eigenvalue weighted by Crippen LogP contribution is 2.20. The molecule has 0 fully saturated rings. The lowest BCUT2D eigenvalue weighted by atomic mass is 10.3. The fourth-order valence-electron chi connectivity index (χ4n) is 1.16. The first kappa shape index (κ1) is 12.6. The number of hydrogen-bond donors (Lipinski definition) is 2. The molecule has 0 atom stereocenters. The molecule has 0 unspecified atom stereocenters. The molecule has 2 N–H and O–H groups in total. The van der Waals surface area contributed by atoms with Crippen molar-refractivity contribution in [3.63, 3.8) is 0 Å². The predicted octanol–water partition coefficient (Wildman–Crippen LogP) is 1.08. The van der Waals surface area contributed by atoms with Crippen LogP contribution in [0, 0.1) is 12.3 Å². The second-order valence-electron chi connectivity index (χ2n) is 3.17. The fourth-order valence-corrected chi connectivity index (χ4v) is 2.33. The summed E-state index contributed by atoms with van der Waals surface area (Å²) in [6, 6.07) is 5.79. The van der Waals surface area contributed by atoms with Crippen LogP contribution in [0.2, 0.25) is 0 Å². The standard InChI is InChI=1S/C11H13NO3S/c1-2-3-6-9-12-16(14,15)11-8-5-4-7-10(11)13/h1,4-5,7-8,12-13H,3,6,9H2. The lowest BCUT2D eigenvalue weighted by Gasteiger charge is -2.07. The normalized spacial score (nSPS) is 10.9. The minimum absolute atomic E-state index is 0.115. The number of sulfonamides is 1. The molecule has 16 heavy (non-hydrogen) atoms. The number of hydrogen-bond acceptors (Lipinski definition) is 3. The molecule has 5 heteroatoms. The van der Waals surface area contributed by atoms with Crippen LogP contribution in [0.4, 0.5) is 0 Å². The summed E-state index contributed by atoms with van der Waals surface area (Å²) in [6.45, 7) is 0.265. The van der Waals surface area contributed by atoms with Crippen molar-refractivity contribution in [2.75, 3.05) is 6.54 Å². The molecule has 0 aromatic heterocycles. The molecule has 0 heterocycles. The first-order valence-corrected chi connectivity index (χ1v) is 6.27. The summed E-state index contributed by atoms with van der Waals surface area (Å²) < 4.78 is 25.8. The Morgan fingerprint density at radius 1 is 1.38 bits per heavy atom. The van der Waals surface area contributed by atoms with Gasteiger partial charge in [-0.3, -0.25) is 0 Å². The third kappa shape index (κ3) is 3.26. The summed E-state index contributed by atoms with van der Waals surface area (Å²) in [5.74, 6) is 2.16. The van der Waals surface area contributed by atoms with Crippen molar-refractivity contribution in [1.29, 1.82) is 0 Å². The summed E-state index contributed by atoms with van der Waals surface area (Å²) in [5, 5.41) is 9.40. The SMILES string of the molecule is C#CCCCNS(=O)(=O)c1ccccc1O. The maximum Gasteiger partial charge on any atom is 0.244 e. The molecular formula is C11H13NO3S. The van der Waals surface area contributed by atoms with Gasteiger partial charge in [-0.15, -0.1) is 12.3 Å². The fraction of sp³-hybridized carbons (Fsp3) is 0.273. The zero-order chi connectivity index (χ0) is 12.0. The number of terminal acetylenes is 1. The number of rotatable bonds is 5. The number of benzene rings is 1. The number of unbranched alkanes of at least 4 members (excludes halogenated alkanes) is 1. The zero-order valence-corrected chi connectivity index (χ0v) is 9.50. The molecule has 0 spiro atoms. The summed E-state index contributed by atoms with van der Waals surface area (Å²) in [4.78, 5) is -0.115.